The van der Waals surface area contributed by atoms with E-state index in [0.717, 1.165) is 19.3 Å². The summed E-state index contributed by atoms with van der Waals surface area (Å²) in [5.74, 6) is 1.02. The standard InChI is InChI=1S/C22H28ClN7O5S/c1-14(19(34-3)20-24-11-15(23)12-25-20)36(31,32)29-22-28-27-21(17-8-6-9-18(26-17)33-2)30(22)13-16-7-4-5-10-35-16/h6,8-9,11-12,14,16,19H,4-5,7,10,13H2,1-3H3,(H,28,29)/t14?,16-,19?/m1/s1. The third kappa shape index (κ3) is 5.91. The normalized spacial score (nSPS) is 17.9. The molecule has 0 bridgehead atoms. The summed E-state index contributed by atoms with van der Waals surface area (Å²) in [6, 6.07) is 5.24. The summed E-state index contributed by atoms with van der Waals surface area (Å²) in [6.07, 6.45) is 4.56. The molecule has 1 N–H and O–H groups in total. The van der Waals surface area contributed by atoms with E-state index in [0.29, 0.717) is 35.6 Å². The number of nitrogens with zero attached hydrogens (tertiary/aromatic N) is 6. The summed E-state index contributed by atoms with van der Waals surface area (Å²) in [5, 5.41) is 7.65. The van der Waals surface area contributed by atoms with Gasteiger partial charge in [0.15, 0.2) is 11.6 Å². The van der Waals surface area contributed by atoms with Crippen LogP contribution in [-0.4, -0.2) is 70.3 Å². The summed E-state index contributed by atoms with van der Waals surface area (Å²) in [4.78, 5) is 12.7. The van der Waals surface area contributed by atoms with Crippen LogP contribution in [0.25, 0.3) is 11.5 Å². The molecule has 2 unspecified atom stereocenters. The van der Waals surface area contributed by atoms with E-state index in [1.807, 2.05) is 0 Å². The van der Waals surface area contributed by atoms with Gasteiger partial charge in [-0.25, -0.2) is 23.4 Å². The lowest BCUT2D eigenvalue weighted by atomic mass is 10.1. The topological polar surface area (TPSA) is 143 Å². The minimum absolute atomic E-state index is 0.0440. The van der Waals surface area contributed by atoms with Crippen LogP contribution in [-0.2, 0) is 26.0 Å². The highest BCUT2D eigenvalue weighted by Crippen LogP contribution is 2.28. The van der Waals surface area contributed by atoms with Gasteiger partial charge in [0.1, 0.15) is 17.0 Å². The second kappa shape index (κ2) is 11.5. The van der Waals surface area contributed by atoms with Crippen molar-refractivity contribution in [3.63, 3.8) is 0 Å². The minimum Gasteiger partial charge on any atom is -0.481 e. The maximum Gasteiger partial charge on any atom is 0.240 e. The lowest BCUT2D eigenvalue weighted by Crippen LogP contribution is -2.34. The molecule has 0 amide bonds. The predicted molar refractivity (Wildman–Crippen MR) is 132 cm³/mol. The van der Waals surface area contributed by atoms with Gasteiger partial charge >= 0.3 is 0 Å². The van der Waals surface area contributed by atoms with Gasteiger partial charge in [-0.2, -0.15) is 0 Å². The van der Waals surface area contributed by atoms with E-state index in [2.05, 4.69) is 29.9 Å². The molecule has 1 saturated heterocycles. The Balaban J connectivity index is 1.66. The number of pyridine rings is 1. The second-order valence-electron chi connectivity index (χ2n) is 8.28. The number of halogens is 1. The number of rotatable bonds is 10. The summed E-state index contributed by atoms with van der Waals surface area (Å²) < 4.78 is 47.6. The molecular formula is C22H28ClN7O5S. The largest absolute Gasteiger partial charge is 0.481 e. The molecule has 3 aromatic rings. The van der Waals surface area contributed by atoms with Crippen LogP contribution in [0.3, 0.4) is 0 Å². The molecule has 1 aliphatic heterocycles. The van der Waals surface area contributed by atoms with Gasteiger partial charge in [-0.15, -0.1) is 10.2 Å². The molecule has 12 nitrogen and oxygen atoms in total. The van der Waals surface area contributed by atoms with Gasteiger partial charge in [-0.1, -0.05) is 17.7 Å². The first-order valence-corrected chi connectivity index (χ1v) is 13.3. The van der Waals surface area contributed by atoms with E-state index in [1.165, 1.54) is 33.5 Å². The van der Waals surface area contributed by atoms with Crippen molar-refractivity contribution >= 4 is 27.6 Å². The monoisotopic (exact) mass is 537 g/mol. The SMILES string of the molecule is COc1cccc(-c2nnc(NS(=O)(=O)C(C)C(OC)c3ncc(Cl)cn3)n2C[C@H]2CCCCO2)n1. The maximum atomic E-state index is 13.4. The molecular weight excluding hydrogens is 510 g/mol. The summed E-state index contributed by atoms with van der Waals surface area (Å²) in [5.41, 5.74) is 0.487. The van der Waals surface area contributed by atoms with E-state index < -0.39 is 21.4 Å². The van der Waals surface area contributed by atoms with Gasteiger partial charge < -0.3 is 14.2 Å². The Morgan fingerprint density at radius 2 is 2.00 bits per heavy atom. The van der Waals surface area contributed by atoms with Crippen LogP contribution in [0.4, 0.5) is 5.95 Å². The molecule has 194 valence electrons. The van der Waals surface area contributed by atoms with E-state index in [9.17, 15) is 8.42 Å². The number of anilines is 1. The van der Waals surface area contributed by atoms with Gasteiger partial charge in [0, 0.05) is 32.2 Å². The van der Waals surface area contributed by atoms with E-state index in [4.69, 9.17) is 25.8 Å². The average molecular weight is 538 g/mol. The zero-order valence-corrected chi connectivity index (χ0v) is 21.7. The number of hydrogen-bond acceptors (Lipinski definition) is 10. The molecule has 0 aromatic carbocycles. The smallest absolute Gasteiger partial charge is 0.240 e. The predicted octanol–water partition coefficient (Wildman–Crippen LogP) is 2.88. The van der Waals surface area contributed by atoms with Crippen molar-refractivity contribution in [2.24, 2.45) is 0 Å². The fourth-order valence-electron chi connectivity index (χ4n) is 3.91. The van der Waals surface area contributed by atoms with Crippen molar-refractivity contribution in [3.8, 4) is 17.4 Å². The fourth-order valence-corrected chi connectivity index (χ4v) is 5.16. The Morgan fingerprint density at radius 1 is 1.22 bits per heavy atom. The number of ether oxygens (including phenoxy) is 3. The van der Waals surface area contributed by atoms with Crippen molar-refractivity contribution in [3.05, 3.63) is 41.4 Å². The molecule has 14 heteroatoms. The van der Waals surface area contributed by atoms with Crippen molar-refractivity contribution in [1.29, 1.82) is 0 Å². The number of aromatic nitrogens is 6. The molecule has 3 aromatic heterocycles. The Kier molecular flexibility index (Phi) is 8.34. The second-order valence-corrected chi connectivity index (χ2v) is 10.8. The quantitative estimate of drug-likeness (QED) is 0.410. The van der Waals surface area contributed by atoms with Crippen LogP contribution in [0.15, 0.2) is 30.6 Å². The highest BCUT2D eigenvalue weighted by atomic mass is 35.5. The summed E-state index contributed by atoms with van der Waals surface area (Å²) in [6.45, 7) is 2.50. The number of nitrogens with one attached hydrogen (secondary N) is 1. The highest BCUT2D eigenvalue weighted by molar-refractivity contribution is 7.93. The molecule has 36 heavy (non-hydrogen) atoms. The van der Waals surface area contributed by atoms with E-state index >= 15 is 0 Å². The molecule has 0 radical (unpaired) electrons. The zero-order valence-electron chi connectivity index (χ0n) is 20.2. The third-order valence-electron chi connectivity index (χ3n) is 5.87. The summed E-state index contributed by atoms with van der Waals surface area (Å²) in [7, 11) is -1.11. The lowest BCUT2D eigenvalue weighted by molar-refractivity contribution is 0.00650. The molecule has 0 spiro atoms. The first-order valence-electron chi connectivity index (χ1n) is 11.4. The highest BCUT2D eigenvalue weighted by Gasteiger charge is 2.34. The van der Waals surface area contributed by atoms with E-state index in [-0.39, 0.29) is 17.9 Å². The molecule has 0 saturated carbocycles. The fraction of sp³-hybridized carbons (Fsp3) is 0.500. The van der Waals surface area contributed by atoms with E-state index in [1.54, 1.807) is 22.8 Å². The minimum atomic E-state index is -4.03. The van der Waals surface area contributed by atoms with Gasteiger partial charge in [0.25, 0.3) is 0 Å². The zero-order chi connectivity index (χ0) is 25.7. The molecule has 4 heterocycles. The van der Waals surface area contributed by atoms with Gasteiger partial charge in [-0.05, 0) is 32.3 Å². The van der Waals surface area contributed by atoms with Gasteiger partial charge in [0.2, 0.25) is 21.9 Å². The Bertz CT molecular complexity index is 1270. The first kappa shape index (κ1) is 26.2. The molecule has 0 aliphatic carbocycles. The number of hydrogen-bond donors (Lipinski definition) is 1. The van der Waals surface area contributed by atoms with Crippen LogP contribution in [0.2, 0.25) is 5.02 Å². The van der Waals surface area contributed by atoms with Gasteiger partial charge in [0.05, 0.1) is 24.8 Å². The molecule has 3 atom stereocenters. The van der Waals surface area contributed by atoms with Crippen molar-refractivity contribution in [2.75, 3.05) is 25.5 Å². The Hall–Kier alpha value is -2.87. The van der Waals surface area contributed by atoms with Gasteiger partial charge in [-0.3, -0.25) is 9.29 Å². The van der Waals surface area contributed by atoms with Crippen LogP contribution >= 0.6 is 11.6 Å². The van der Waals surface area contributed by atoms with Crippen molar-refractivity contribution in [1.82, 2.24) is 29.7 Å². The lowest BCUT2D eigenvalue weighted by Gasteiger charge is -2.25. The molecule has 1 fully saturated rings. The molecule has 4 rings (SSSR count). The maximum absolute atomic E-state index is 13.4. The average Bonchev–Trinajstić information content (AvgIpc) is 3.27. The Morgan fingerprint density at radius 3 is 2.67 bits per heavy atom. The van der Waals surface area contributed by atoms with Crippen molar-refractivity contribution in [2.45, 2.75) is 50.2 Å². The van der Waals surface area contributed by atoms with Crippen LogP contribution in [0, 0.1) is 0 Å². The number of sulfonamides is 1. The third-order valence-corrected chi connectivity index (χ3v) is 7.76. The van der Waals surface area contributed by atoms with Crippen LogP contribution in [0.5, 0.6) is 5.88 Å². The first-order chi connectivity index (χ1) is 17.3. The van der Waals surface area contributed by atoms with Crippen molar-refractivity contribution < 1.29 is 22.6 Å². The number of methoxy groups -OCH3 is 2. The van der Waals surface area contributed by atoms with Crippen LogP contribution < -0.4 is 9.46 Å². The summed E-state index contributed by atoms with van der Waals surface area (Å²) >= 11 is 5.87. The van der Waals surface area contributed by atoms with Crippen LogP contribution in [0.1, 0.15) is 38.1 Å². The Labute approximate surface area is 214 Å². The molecule has 1 aliphatic rings.